The van der Waals surface area contributed by atoms with Gasteiger partial charge in [-0.1, -0.05) is 58.8 Å². The highest BCUT2D eigenvalue weighted by Crippen LogP contribution is 2.31. The van der Waals surface area contributed by atoms with E-state index in [1.54, 1.807) is 0 Å². The van der Waals surface area contributed by atoms with Crippen molar-refractivity contribution in [2.24, 2.45) is 11.1 Å². The van der Waals surface area contributed by atoms with Crippen molar-refractivity contribution in [2.45, 2.75) is 78.6 Å². The number of esters is 1. The molecule has 0 heterocycles. The highest BCUT2D eigenvalue weighted by Gasteiger charge is 2.36. The fourth-order valence-electron chi connectivity index (χ4n) is 2.62. The van der Waals surface area contributed by atoms with Crippen molar-refractivity contribution in [3.63, 3.8) is 0 Å². The van der Waals surface area contributed by atoms with Crippen LogP contribution in [0.5, 0.6) is 0 Å². The van der Waals surface area contributed by atoms with Crippen LogP contribution in [0.3, 0.4) is 0 Å². The Labute approximate surface area is 119 Å². The lowest BCUT2D eigenvalue weighted by atomic mass is 9.78. The van der Waals surface area contributed by atoms with Crippen LogP contribution >= 0.6 is 0 Å². The Morgan fingerprint density at radius 3 is 2.11 bits per heavy atom. The monoisotopic (exact) mass is 271 g/mol. The molecule has 2 N–H and O–H groups in total. The van der Waals surface area contributed by atoms with Gasteiger partial charge in [0, 0.05) is 6.54 Å². The lowest BCUT2D eigenvalue weighted by molar-refractivity contribution is -0.156. The Balaban J connectivity index is 4.22. The minimum atomic E-state index is -0.435. The SMILES string of the molecule is CCCCCCCCC(CN)(CCC)C(=O)OCC. The molecule has 0 aromatic carbocycles. The average molecular weight is 271 g/mol. The van der Waals surface area contributed by atoms with Gasteiger partial charge in [0.15, 0.2) is 0 Å². The van der Waals surface area contributed by atoms with E-state index in [-0.39, 0.29) is 5.97 Å². The molecule has 0 saturated heterocycles. The molecule has 3 heteroatoms. The molecule has 1 atom stereocenters. The summed E-state index contributed by atoms with van der Waals surface area (Å²) in [6.45, 7) is 7.04. The maximum Gasteiger partial charge on any atom is 0.313 e. The largest absolute Gasteiger partial charge is 0.466 e. The molecule has 114 valence electrons. The Morgan fingerprint density at radius 1 is 0.947 bits per heavy atom. The lowest BCUT2D eigenvalue weighted by Crippen LogP contribution is -2.40. The van der Waals surface area contributed by atoms with E-state index >= 15 is 0 Å². The zero-order valence-corrected chi connectivity index (χ0v) is 13.2. The summed E-state index contributed by atoms with van der Waals surface area (Å²) in [6, 6.07) is 0. The number of carbonyl (C=O) groups excluding carboxylic acids is 1. The molecule has 0 bridgehead atoms. The first-order chi connectivity index (χ1) is 9.16. The summed E-state index contributed by atoms with van der Waals surface area (Å²) in [7, 11) is 0. The van der Waals surface area contributed by atoms with E-state index in [0.29, 0.717) is 13.2 Å². The number of ether oxygens (including phenoxy) is 1. The number of unbranched alkanes of at least 4 members (excludes halogenated alkanes) is 5. The Morgan fingerprint density at radius 2 is 1.58 bits per heavy atom. The summed E-state index contributed by atoms with van der Waals surface area (Å²) >= 11 is 0. The Hall–Kier alpha value is -0.570. The predicted octanol–water partition coefficient (Wildman–Crippen LogP) is 4.05. The average Bonchev–Trinajstić information content (AvgIpc) is 2.41. The van der Waals surface area contributed by atoms with Crippen LogP contribution in [0.2, 0.25) is 0 Å². The summed E-state index contributed by atoms with van der Waals surface area (Å²) in [5.74, 6) is -0.0899. The molecule has 0 aromatic rings. The van der Waals surface area contributed by atoms with Crippen LogP contribution in [-0.4, -0.2) is 19.1 Å². The number of rotatable bonds is 12. The van der Waals surface area contributed by atoms with Crippen molar-refractivity contribution in [1.29, 1.82) is 0 Å². The van der Waals surface area contributed by atoms with E-state index in [1.807, 2.05) is 6.92 Å². The minimum absolute atomic E-state index is 0.0899. The molecule has 0 saturated carbocycles. The molecule has 0 radical (unpaired) electrons. The van der Waals surface area contributed by atoms with Crippen LogP contribution in [0.1, 0.15) is 78.6 Å². The van der Waals surface area contributed by atoms with E-state index < -0.39 is 5.41 Å². The third-order valence-corrected chi connectivity index (χ3v) is 3.84. The van der Waals surface area contributed by atoms with Crippen LogP contribution in [0, 0.1) is 5.41 Å². The van der Waals surface area contributed by atoms with Crippen LogP contribution in [0.25, 0.3) is 0 Å². The van der Waals surface area contributed by atoms with Gasteiger partial charge >= 0.3 is 5.97 Å². The molecule has 0 aliphatic heterocycles. The smallest absolute Gasteiger partial charge is 0.313 e. The third kappa shape index (κ3) is 6.95. The normalized spacial score (nSPS) is 14.1. The maximum atomic E-state index is 12.2. The van der Waals surface area contributed by atoms with E-state index in [1.165, 1.54) is 32.1 Å². The number of carbonyl (C=O) groups is 1. The summed E-state index contributed by atoms with van der Waals surface area (Å²) < 4.78 is 5.23. The van der Waals surface area contributed by atoms with Crippen molar-refractivity contribution < 1.29 is 9.53 Å². The fraction of sp³-hybridized carbons (Fsp3) is 0.938. The molecule has 0 spiro atoms. The van der Waals surface area contributed by atoms with Gasteiger partial charge in [0.25, 0.3) is 0 Å². The maximum absolute atomic E-state index is 12.2. The van der Waals surface area contributed by atoms with Gasteiger partial charge in [-0.3, -0.25) is 4.79 Å². The van der Waals surface area contributed by atoms with Gasteiger partial charge in [0.1, 0.15) is 0 Å². The van der Waals surface area contributed by atoms with E-state index in [0.717, 1.165) is 25.7 Å². The fourth-order valence-corrected chi connectivity index (χ4v) is 2.62. The van der Waals surface area contributed by atoms with Crippen molar-refractivity contribution in [3.05, 3.63) is 0 Å². The van der Waals surface area contributed by atoms with Gasteiger partial charge < -0.3 is 10.5 Å². The quantitative estimate of drug-likeness (QED) is 0.430. The van der Waals surface area contributed by atoms with Gasteiger partial charge in [0.05, 0.1) is 12.0 Å². The molecule has 0 aliphatic rings. The number of nitrogens with two attached hydrogens (primary N) is 1. The van der Waals surface area contributed by atoms with Gasteiger partial charge in [-0.2, -0.15) is 0 Å². The van der Waals surface area contributed by atoms with Crippen molar-refractivity contribution in [1.82, 2.24) is 0 Å². The third-order valence-electron chi connectivity index (χ3n) is 3.84. The molecule has 0 fully saturated rings. The zero-order valence-electron chi connectivity index (χ0n) is 13.2. The van der Waals surface area contributed by atoms with Gasteiger partial charge in [-0.15, -0.1) is 0 Å². The second-order valence-corrected chi connectivity index (χ2v) is 5.47. The Bertz CT molecular complexity index is 231. The molecular weight excluding hydrogens is 238 g/mol. The predicted molar refractivity (Wildman–Crippen MR) is 81.0 cm³/mol. The molecule has 0 amide bonds. The summed E-state index contributed by atoms with van der Waals surface area (Å²) in [4.78, 5) is 12.2. The number of hydrogen-bond donors (Lipinski definition) is 1. The first-order valence-electron chi connectivity index (χ1n) is 8.04. The Kier molecular flexibility index (Phi) is 10.9. The number of hydrogen-bond acceptors (Lipinski definition) is 3. The molecule has 19 heavy (non-hydrogen) atoms. The van der Waals surface area contributed by atoms with E-state index in [2.05, 4.69) is 13.8 Å². The highest BCUT2D eigenvalue weighted by molar-refractivity contribution is 5.77. The van der Waals surface area contributed by atoms with E-state index in [4.69, 9.17) is 10.5 Å². The van der Waals surface area contributed by atoms with Crippen molar-refractivity contribution in [3.8, 4) is 0 Å². The first kappa shape index (κ1) is 18.4. The van der Waals surface area contributed by atoms with Crippen LogP contribution in [-0.2, 0) is 9.53 Å². The van der Waals surface area contributed by atoms with E-state index in [9.17, 15) is 4.79 Å². The topological polar surface area (TPSA) is 52.3 Å². The molecule has 0 aliphatic carbocycles. The molecule has 1 unspecified atom stereocenters. The molecule has 0 rings (SSSR count). The van der Waals surface area contributed by atoms with Gasteiger partial charge in [-0.25, -0.2) is 0 Å². The molecular formula is C16H33NO2. The van der Waals surface area contributed by atoms with Crippen molar-refractivity contribution in [2.75, 3.05) is 13.2 Å². The minimum Gasteiger partial charge on any atom is -0.466 e. The summed E-state index contributed by atoms with van der Waals surface area (Å²) in [5.41, 5.74) is 5.45. The second kappa shape index (κ2) is 11.3. The van der Waals surface area contributed by atoms with Gasteiger partial charge in [-0.05, 0) is 19.8 Å². The first-order valence-corrected chi connectivity index (χ1v) is 8.04. The molecule has 3 nitrogen and oxygen atoms in total. The van der Waals surface area contributed by atoms with Crippen LogP contribution in [0.15, 0.2) is 0 Å². The molecule has 0 aromatic heterocycles. The lowest BCUT2D eigenvalue weighted by Gasteiger charge is -2.29. The highest BCUT2D eigenvalue weighted by atomic mass is 16.5. The van der Waals surface area contributed by atoms with Crippen molar-refractivity contribution >= 4 is 5.97 Å². The van der Waals surface area contributed by atoms with Gasteiger partial charge in [0.2, 0.25) is 0 Å². The zero-order chi connectivity index (χ0) is 14.6. The van der Waals surface area contributed by atoms with Crippen LogP contribution < -0.4 is 5.73 Å². The second-order valence-electron chi connectivity index (χ2n) is 5.47. The standard InChI is InChI=1S/C16H33NO2/c1-4-7-8-9-10-11-13-16(14-17,12-5-2)15(18)19-6-3/h4-14,17H2,1-3H3. The van der Waals surface area contributed by atoms with Crippen LogP contribution in [0.4, 0.5) is 0 Å². The summed E-state index contributed by atoms with van der Waals surface area (Å²) in [6.07, 6.45) is 10.1. The summed E-state index contributed by atoms with van der Waals surface area (Å²) in [5, 5.41) is 0.